The second kappa shape index (κ2) is 6.07. The third-order valence-corrected chi connectivity index (χ3v) is 3.75. The van der Waals surface area contributed by atoms with Crippen LogP contribution in [-0.4, -0.2) is 18.6 Å². The number of hydrogen-bond acceptors (Lipinski definition) is 5. The van der Waals surface area contributed by atoms with E-state index in [1.165, 1.54) is 0 Å². The van der Waals surface area contributed by atoms with E-state index in [2.05, 4.69) is 15.7 Å². The van der Waals surface area contributed by atoms with Gasteiger partial charge in [0.1, 0.15) is 5.76 Å². The summed E-state index contributed by atoms with van der Waals surface area (Å²) in [5.41, 5.74) is 3.81. The van der Waals surface area contributed by atoms with E-state index in [1.807, 2.05) is 29.8 Å². The number of hydrogen-bond donors (Lipinski definition) is 1. The normalized spacial score (nSPS) is 11.1. The zero-order valence-electron chi connectivity index (χ0n) is 11.3. The number of rotatable bonds is 6. The standard InChI is InChI=1S/C15H16N2O2S/c1-18-14-4-2-3-11-7-13(19-15(11)14)8-16-6-5-12-9-20-10-17-12/h2-4,7,9-10,16H,5-6,8H2,1H3. The first-order valence-corrected chi connectivity index (χ1v) is 7.44. The van der Waals surface area contributed by atoms with Crippen molar-refractivity contribution in [3.05, 3.63) is 46.6 Å². The molecular formula is C15H16N2O2S. The van der Waals surface area contributed by atoms with Crippen molar-refractivity contribution in [2.75, 3.05) is 13.7 Å². The second-order valence-corrected chi connectivity index (χ2v) is 5.22. The van der Waals surface area contributed by atoms with Crippen LogP contribution >= 0.6 is 11.3 Å². The predicted octanol–water partition coefficient (Wildman–Crippen LogP) is 3.23. The average Bonchev–Trinajstić information content (AvgIpc) is 3.11. The summed E-state index contributed by atoms with van der Waals surface area (Å²) in [6, 6.07) is 7.95. The fourth-order valence-electron chi connectivity index (χ4n) is 2.13. The molecule has 0 unspecified atom stereocenters. The fraction of sp³-hybridized carbons (Fsp3) is 0.267. The van der Waals surface area contributed by atoms with Crippen molar-refractivity contribution >= 4 is 22.3 Å². The lowest BCUT2D eigenvalue weighted by Gasteiger charge is -2.01. The molecule has 0 fully saturated rings. The molecule has 1 aromatic carbocycles. The molecule has 0 radical (unpaired) electrons. The fourth-order valence-corrected chi connectivity index (χ4v) is 2.72. The molecule has 0 saturated carbocycles. The van der Waals surface area contributed by atoms with Crippen molar-refractivity contribution in [1.82, 2.24) is 10.3 Å². The van der Waals surface area contributed by atoms with Crippen LogP contribution in [-0.2, 0) is 13.0 Å². The van der Waals surface area contributed by atoms with Crippen LogP contribution in [0.1, 0.15) is 11.5 Å². The first-order valence-electron chi connectivity index (χ1n) is 6.50. The predicted molar refractivity (Wildman–Crippen MR) is 80.3 cm³/mol. The molecule has 1 N–H and O–H groups in total. The molecule has 5 heteroatoms. The molecule has 0 aliphatic carbocycles. The van der Waals surface area contributed by atoms with Gasteiger partial charge in [-0.05, 0) is 12.1 Å². The van der Waals surface area contributed by atoms with Crippen molar-refractivity contribution in [2.24, 2.45) is 0 Å². The molecule has 0 aliphatic rings. The highest BCUT2D eigenvalue weighted by Crippen LogP contribution is 2.28. The molecule has 0 aliphatic heterocycles. The summed E-state index contributed by atoms with van der Waals surface area (Å²) in [4.78, 5) is 4.26. The largest absolute Gasteiger partial charge is 0.493 e. The van der Waals surface area contributed by atoms with Gasteiger partial charge in [0.25, 0.3) is 0 Å². The van der Waals surface area contributed by atoms with Gasteiger partial charge in [-0.3, -0.25) is 0 Å². The molecule has 0 saturated heterocycles. The topological polar surface area (TPSA) is 47.3 Å². The molecule has 2 aromatic heterocycles. The van der Waals surface area contributed by atoms with Crippen LogP contribution in [0.4, 0.5) is 0 Å². The number of nitrogens with one attached hydrogen (secondary N) is 1. The van der Waals surface area contributed by atoms with Crippen LogP contribution in [0.15, 0.2) is 39.6 Å². The number of aromatic nitrogens is 1. The third-order valence-electron chi connectivity index (χ3n) is 3.12. The monoisotopic (exact) mass is 288 g/mol. The molecule has 4 nitrogen and oxygen atoms in total. The second-order valence-electron chi connectivity index (χ2n) is 4.50. The summed E-state index contributed by atoms with van der Waals surface area (Å²) in [6.07, 6.45) is 0.938. The Hall–Kier alpha value is -1.85. The van der Waals surface area contributed by atoms with Gasteiger partial charge in [0.05, 0.1) is 24.9 Å². The van der Waals surface area contributed by atoms with Crippen molar-refractivity contribution < 1.29 is 9.15 Å². The van der Waals surface area contributed by atoms with Gasteiger partial charge in [-0.15, -0.1) is 11.3 Å². The van der Waals surface area contributed by atoms with Crippen molar-refractivity contribution in [1.29, 1.82) is 0 Å². The van der Waals surface area contributed by atoms with E-state index in [0.29, 0.717) is 6.54 Å². The summed E-state index contributed by atoms with van der Waals surface area (Å²) in [5.74, 6) is 1.69. The minimum Gasteiger partial charge on any atom is -0.493 e. The number of thiazole rings is 1. The van der Waals surface area contributed by atoms with E-state index in [1.54, 1.807) is 18.4 Å². The average molecular weight is 288 g/mol. The minimum atomic E-state index is 0.710. The number of nitrogens with zero attached hydrogens (tertiary/aromatic N) is 1. The Morgan fingerprint density at radius 3 is 3.15 bits per heavy atom. The molecule has 0 bridgehead atoms. The lowest BCUT2D eigenvalue weighted by molar-refractivity contribution is 0.406. The van der Waals surface area contributed by atoms with Gasteiger partial charge < -0.3 is 14.5 Å². The van der Waals surface area contributed by atoms with E-state index in [4.69, 9.17) is 9.15 Å². The SMILES string of the molecule is COc1cccc2cc(CNCCc3cscn3)oc12. The minimum absolute atomic E-state index is 0.710. The van der Waals surface area contributed by atoms with E-state index in [-0.39, 0.29) is 0 Å². The van der Waals surface area contributed by atoms with Crippen LogP contribution in [0.25, 0.3) is 11.0 Å². The Kier molecular flexibility index (Phi) is 3.99. The quantitative estimate of drug-likeness (QED) is 0.707. The highest BCUT2D eigenvalue weighted by molar-refractivity contribution is 7.07. The van der Waals surface area contributed by atoms with E-state index in [0.717, 1.165) is 41.1 Å². The maximum absolute atomic E-state index is 5.83. The number of furan rings is 1. The summed E-state index contributed by atoms with van der Waals surface area (Å²) < 4.78 is 11.1. The maximum atomic E-state index is 5.83. The highest BCUT2D eigenvalue weighted by Gasteiger charge is 2.08. The first-order chi connectivity index (χ1) is 9.86. The molecule has 0 amide bonds. The lowest BCUT2D eigenvalue weighted by atomic mass is 10.2. The van der Waals surface area contributed by atoms with Gasteiger partial charge in [-0.1, -0.05) is 12.1 Å². The summed E-state index contributed by atoms with van der Waals surface area (Å²) >= 11 is 1.63. The van der Waals surface area contributed by atoms with E-state index in [9.17, 15) is 0 Å². The van der Waals surface area contributed by atoms with Crippen LogP contribution in [0.5, 0.6) is 5.75 Å². The van der Waals surface area contributed by atoms with E-state index < -0.39 is 0 Å². The molecule has 2 heterocycles. The molecule has 20 heavy (non-hydrogen) atoms. The summed E-state index contributed by atoms with van der Waals surface area (Å²) in [6.45, 7) is 1.60. The van der Waals surface area contributed by atoms with Gasteiger partial charge in [0, 0.05) is 23.7 Å². The van der Waals surface area contributed by atoms with Crippen molar-refractivity contribution in [3.8, 4) is 5.75 Å². The van der Waals surface area contributed by atoms with Crippen LogP contribution in [0, 0.1) is 0 Å². The number of para-hydroxylation sites is 1. The molecule has 3 aromatic rings. The van der Waals surface area contributed by atoms with Crippen molar-refractivity contribution in [2.45, 2.75) is 13.0 Å². The zero-order chi connectivity index (χ0) is 13.8. The number of methoxy groups -OCH3 is 1. The number of fused-ring (bicyclic) bond motifs is 1. The van der Waals surface area contributed by atoms with Gasteiger partial charge in [0.15, 0.2) is 11.3 Å². The van der Waals surface area contributed by atoms with Gasteiger partial charge in [-0.2, -0.15) is 0 Å². The van der Waals surface area contributed by atoms with Crippen LogP contribution in [0.2, 0.25) is 0 Å². The van der Waals surface area contributed by atoms with Crippen LogP contribution < -0.4 is 10.1 Å². The maximum Gasteiger partial charge on any atom is 0.176 e. The number of benzene rings is 1. The summed E-state index contributed by atoms with van der Waals surface area (Å²) in [7, 11) is 1.66. The zero-order valence-corrected chi connectivity index (χ0v) is 12.1. The van der Waals surface area contributed by atoms with Gasteiger partial charge in [0.2, 0.25) is 0 Å². The smallest absolute Gasteiger partial charge is 0.176 e. The van der Waals surface area contributed by atoms with Gasteiger partial charge >= 0.3 is 0 Å². The van der Waals surface area contributed by atoms with Gasteiger partial charge in [-0.25, -0.2) is 4.98 Å². The Labute approximate surface area is 121 Å². The summed E-state index contributed by atoms with van der Waals surface area (Å²) in [5, 5.41) is 6.52. The Morgan fingerprint density at radius 2 is 2.35 bits per heavy atom. The Morgan fingerprint density at radius 1 is 1.40 bits per heavy atom. The molecule has 104 valence electrons. The third kappa shape index (κ3) is 2.84. The molecule has 3 rings (SSSR count). The highest BCUT2D eigenvalue weighted by atomic mass is 32.1. The first kappa shape index (κ1) is 13.1. The lowest BCUT2D eigenvalue weighted by Crippen LogP contribution is -2.16. The van der Waals surface area contributed by atoms with Crippen molar-refractivity contribution in [3.63, 3.8) is 0 Å². The Balaban J connectivity index is 1.60. The number of ether oxygens (including phenoxy) is 1. The molecular weight excluding hydrogens is 272 g/mol. The van der Waals surface area contributed by atoms with E-state index >= 15 is 0 Å². The van der Waals surface area contributed by atoms with Crippen LogP contribution in [0.3, 0.4) is 0 Å². The molecule has 0 spiro atoms. The Bertz CT molecular complexity index is 676. The molecule has 0 atom stereocenters.